The molecule has 1 heterocycles. The van der Waals surface area contributed by atoms with Crippen LogP contribution in [-0.4, -0.2) is 31.7 Å². The Hall–Kier alpha value is -0.590. The van der Waals surface area contributed by atoms with Gasteiger partial charge in [-0.3, -0.25) is 4.79 Å². The minimum atomic E-state index is 0.0128. The first-order valence-corrected chi connectivity index (χ1v) is 7.80. The second kappa shape index (κ2) is 7.26. The topological polar surface area (TPSA) is 50.4 Å². The quantitative estimate of drug-likeness (QED) is 0.829. The monoisotopic (exact) mass is 390 g/mol. The van der Waals surface area contributed by atoms with Crippen LogP contribution in [0.4, 0.5) is 5.69 Å². The van der Waals surface area contributed by atoms with E-state index < -0.39 is 0 Å². The van der Waals surface area contributed by atoms with E-state index in [1.54, 1.807) is 0 Å². The fraction of sp³-hybridized carbons (Fsp3) is 0.462. The van der Waals surface area contributed by atoms with Crippen LogP contribution >= 0.6 is 31.9 Å². The largest absolute Gasteiger partial charge is 0.381 e. The van der Waals surface area contributed by atoms with Gasteiger partial charge in [-0.05, 0) is 47.0 Å². The third-order valence-corrected chi connectivity index (χ3v) is 4.14. The zero-order valence-corrected chi connectivity index (χ0v) is 13.6. The average Bonchev–Trinajstić information content (AvgIpc) is 2.41. The van der Waals surface area contributed by atoms with Crippen molar-refractivity contribution in [3.63, 3.8) is 0 Å². The summed E-state index contributed by atoms with van der Waals surface area (Å²) in [5, 5.41) is 6.14. The van der Waals surface area contributed by atoms with Crippen molar-refractivity contribution in [2.45, 2.75) is 18.9 Å². The van der Waals surface area contributed by atoms with Crippen LogP contribution in [0.5, 0.6) is 0 Å². The first-order valence-electron chi connectivity index (χ1n) is 6.21. The predicted octanol–water partition coefficient (Wildman–Crippen LogP) is 2.92. The maximum atomic E-state index is 11.8. The molecular formula is C13H16Br2N2O2. The molecule has 0 spiro atoms. The van der Waals surface area contributed by atoms with Crippen molar-refractivity contribution in [3.05, 3.63) is 27.1 Å². The normalized spacial score (nSPS) is 16.1. The molecule has 0 saturated carbocycles. The Labute approximate surface area is 129 Å². The Kier molecular flexibility index (Phi) is 5.66. The number of carbonyl (C=O) groups excluding carboxylic acids is 1. The average molecular weight is 392 g/mol. The Morgan fingerprint density at radius 2 is 2.05 bits per heavy atom. The first-order chi connectivity index (χ1) is 9.15. The Morgan fingerprint density at radius 3 is 2.79 bits per heavy atom. The first kappa shape index (κ1) is 14.8. The highest BCUT2D eigenvalue weighted by atomic mass is 79.9. The van der Waals surface area contributed by atoms with Gasteiger partial charge in [-0.15, -0.1) is 0 Å². The molecule has 0 aromatic heterocycles. The third kappa shape index (κ3) is 4.78. The van der Waals surface area contributed by atoms with Crippen molar-refractivity contribution in [2.24, 2.45) is 0 Å². The van der Waals surface area contributed by atoms with E-state index in [1.165, 1.54) is 0 Å². The summed E-state index contributed by atoms with van der Waals surface area (Å²) in [5.74, 6) is 0.0128. The van der Waals surface area contributed by atoms with Crippen LogP contribution in [0.2, 0.25) is 0 Å². The molecule has 2 rings (SSSR count). The number of hydrogen-bond acceptors (Lipinski definition) is 3. The van der Waals surface area contributed by atoms with E-state index in [0.29, 0.717) is 0 Å². The van der Waals surface area contributed by atoms with Crippen LogP contribution < -0.4 is 10.6 Å². The van der Waals surface area contributed by atoms with E-state index in [1.807, 2.05) is 18.2 Å². The maximum Gasteiger partial charge on any atom is 0.239 e. The molecule has 1 aromatic carbocycles. The summed E-state index contributed by atoms with van der Waals surface area (Å²) in [4.78, 5) is 11.8. The maximum absolute atomic E-state index is 11.8. The number of anilines is 1. The van der Waals surface area contributed by atoms with Gasteiger partial charge in [0.25, 0.3) is 0 Å². The number of nitrogens with one attached hydrogen (secondary N) is 2. The van der Waals surface area contributed by atoms with Crippen LogP contribution in [0.3, 0.4) is 0 Å². The van der Waals surface area contributed by atoms with Gasteiger partial charge in [0.05, 0.1) is 6.54 Å². The second-order valence-electron chi connectivity index (χ2n) is 4.43. The van der Waals surface area contributed by atoms with Gasteiger partial charge >= 0.3 is 0 Å². The molecule has 104 valence electrons. The Balaban J connectivity index is 1.81. The van der Waals surface area contributed by atoms with E-state index in [-0.39, 0.29) is 18.5 Å². The lowest BCUT2D eigenvalue weighted by molar-refractivity contribution is -0.120. The fourth-order valence-electron chi connectivity index (χ4n) is 1.93. The van der Waals surface area contributed by atoms with Gasteiger partial charge in [0.2, 0.25) is 5.91 Å². The number of ether oxygens (including phenoxy) is 1. The van der Waals surface area contributed by atoms with Crippen molar-refractivity contribution in [1.29, 1.82) is 0 Å². The summed E-state index contributed by atoms with van der Waals surface area (Å²) in [6.07, 6.45) is 1.79. The van der Waals surface area contributed by atoms with Gasteiger partial charge in [-0.1, -0.05) is 15.9 Å². The van der Waals surface area contributed by atoms with Gasteiger partial charge in [-0.25, -0.2) is 0 Å². The van der Waals surface area contributed by atoms with Crippen LogP contribution in [0.25, 0.3) is 0 Å². The molecule has 0 aliphatic carbocycles. The summed E-state index contributed by atoms with van der Waals surface area (Å²) in [6.45, 7) is 1.73. The number of carbonyl (C=O) groups is 1. The van der Waals surface area contributed by atoms with E-state index in [2.05, 4.69) is 42.5 Å². The van der Waals surface area contributed by atoms with Crippen LogP contribution in [0.1, 0.15) is 12.8 Å². The zero-order chi connectivity index (χ0) is 13.7. The molecule has 0 bridgehead atoms. The summed E-state index contributed by atoms with van der Waals surface area (Å²) >= 11 is 6.86. The fourth-order valence-corrected chi connectivity index (χ4v) is 2.68. The molecule has 2 N–H and O–H groups in total. The minimum absolute atomic E-state index is 0.0128. The summed E-state index contributed by atoms with van der Waals surface area (Å²) in [7, 11) is 0. The zero-order valence-electron chi connectivity index (χ0n) is 10.4. The number of benzene rings is 1. The second-order valence-corrected chi connectivity index (χ2v) is 6.20. The molecule has 4 nitrogen and oxygen atoms in total. The SMILES string of the molecule is O=C(CNc1cc(Br)ccc1Br)NC1CCOCC1. The molecule has 0 atom stereocenters. The lowest BCUT2D eigenvalue weighted by Crippen LogP contribution is -2.41. The number of halogens is 2. The Bertz CT molecular complexity index is 448. The van der Waals surface area contributed by atoms with Crippen molar-refractivity contribution in [3.8, 4) is 0 Å². The van der Waals surface area contributed by atoms with Crippen LogP contribution in [0.15, 0.2) is 27.1 Å². The van der Waals surface area contributed by atoms with E-state index >= 15 is 0 Å². The molecule has 0 unspecified atom stereocenters. The third-order valence-electron chi connectivity index (χ3n) is 2.95. The Morgan fingerprint density at radius 1 is 1.32 bits per heavy atom. The molecule has 1 saturated heterocycles. The predicted molar refractivity (Wildman–Crippen MR) is 82.3 cm³/mol. The van der Waals surface area contributed by atoms with Crippen molar-refractivity contribution in [2.75, 3.05) is 25.1 Å². The lowest BCUT2D eigenvalue weighted by atomic mass is 10.1. The van der Waals surface area contributed by atoms with E-state index in [0.717, 1.165) is 40.7 Å². The molecule has 1 fully saturated rings. The van der Waals surface area contributed by atoms with Gasteiger partial charge in [0.1, 0.15) is 0 Å². The van der Waals surface area contributed by atoms with Crippen molar-refractivity contribution >= 4 is 43.5 Å². The molecular weight excluding hydrogens is 376 g/mol. The summed E-state index contributed by atoms with van der Waals surface area (Å²) in [6, 6.07) is 6.06. The molecule has 1 aromatic rings. The molecule has 1 aliphatic heterocycles. The van der Waals surface area contributed by atoms with E-state index in [9.17, 15) is 4.79 Å². The number of amides is 1. The molecule has 19 heavy (non-hydrogen) atoms. The number of hydrogen-bond donors (Lipinski definition) is 2. The smallest absolute Gasteiger partial charge is 0.239 e. The molecule has 0 radical (unpaired) electrons. The molecule has 1 amide bonds. The van der Waals surface area contributed by atoms with Gasteiger partial charge in [0, 0.05) is 33.9 Å². The number of rotatable bonds is 4. The molecule has 6 heteroatoms. The van der Waals surface area contributed by atoms with Crippen molar-refractivity contribution in [1.82, 2.24) is 5.32 Å². The summed E-state index contributed by atoms with van der Waals surface area (Å²) < 4.78 is 7.18. The van der Waals surface area contributed by atoms with E-state index in [4.69, 9.17) is 4.74 Å². The van der Waals surface area contributed by atoms with Gasteiger partial charge < -0.3 is 15.4 Å². The standard InChI is InChI=1S/C13H16Br2N2O2/c14-9-1-2-11(15)12(7-9)16-8-13(18)17-10-3-5-19-6-4-10/h1-2,7,10,16H,3-6,8H2,(H,17,18). The van der Waals surface area contributed by atoms with Gasteiger partial charge in [-0.2, -0.15) is 0 Å². The highest BCUT2D eigenvalue weighted by Crippen LogP contribution is 2.25. The lowest BCUT2D eigenvalue weighted by Gasteiger charge is -2.23. The van der Waals surface area contributed by atoms with Crippen LogP contribution in [-0.2, 0) is 9.53 Å². The van der Waals surface area contributed by atoms with Crippen LogP contribution in [0, 0.1) is 0 Å². The van der Waals surface area contributed by atoms with Gasteiger partial charge in [0.15, 0.2) is 0 Å². The minimum Gasteiger partial charge on any atom is -0.381 e. The van der Waals surface area contributed by atoms with Crippen molar-refractivity contribution < 1.29 is 9.53 Å². The summed E-state index contributed by atoms with van der Waals surface area (Å²) in [5.41, 5.74) is 0.900. The highest BCUT2D eigenvalue weighted by Gasteiger charge is 2.15. The molecule has 1 aliphatic rings. The highest BCUT2D eigenvalue weighted by molar-refractivity contribution is 9.11.